The summed E-state index contributed by atoms with van der Waals surface area (Å²) in [5, 5.41) is 12.0. The molecule has 1 rings (SSSR count). The molecule has 1 aromatic rings. The molecule has 1 aromatic carbocycles. The molecule has 82 valence electrons. The third-order valence-corrected chi connectivity index (χ3v) is 2.41. The summed E-state index contributed by atoms with van der Waals surface area (Å²) in [4.78, 5) is 10.8. The highest BCUT2D eigenvalue weighted by Gasteiger charge is 2.13. The second-order valence-electron chi connectivity index (χ2n) is 3.69. The topological polar surface area (TPSA) is 49.3 Å². The number of carboxylic acid groups (broad SMARTS) is 1. The lowest BCUT2D eigenvalue weighted by Gasteiger charge is -2.12. The van der Waals surface area contributed by atoms with Crippen LogP contribution in [0.1, 0.15) is 18.9 Å². The highest BCUT2D eigenvalue weighted by atomic mass is 16.4. The third-order valence-electron chi connectivity index (χ3n) is 2.41. The molecule has 15 heavy (non-hydrogen) atoms. The first kappa shape index (κ1) is 11.6. The van der Waals surface area contributed by atoms with Crippen LogP contribution < -0.4 is 5.32 Å². The van der Waals surface area contributed by atoms with E-state index in [1.165, 1.54) is 5.56 Å². The minimum atomic E-state index is -0.738. The van der Waals surface area contributed by atoms with Gasteiger partial charge in [-0.25, -0.2) is 0 Å². The number of anilines is 1. The van der Waals surface area contributed by atoms with Crippen molar-refractivity contribution < 1.29 is 9.90 Å². The van der Waals surface area contributed by atoms with Gasteiger partial charge in [0.1, 0.15) is 0 Å². The van der Waals surface area contributed by atoms with Gasteiger partial charge in [-0.05, 0) is 31.0 Å². The Morgan fingerprint density at radius 3 is 2.80 bits per heavy atom. The molecule has 0 bridgehead atoms. The Balaban J connectivity index is 2.52. The monoisotopic (exact) mass is 207 g/mol. The predicted molar refractivity (Wildman–Crippen MR) is 61.1 cm³/mol. The van der Waals surface area contributed by atoms with Gasteiger partial charge in [-0.2, -0.15) is 0 Å². The van der Waals surface area contributed by atoms with Gasteiger partial charge in [-0.1, -0.05) is 19.1 Å². The van der Waals surface area contributed by atoms with Crippen molar-refractivity contribution in [2.45, 2.75) is 20.3 Å². The molecule has 1 atom stereocenters. The van der Waals surface area contributed by atoms with Gasteiger partial charge in [0.05, 0.1) is 5.92 Å². The zero-order chi connectivity index (χ0) is 11.3. The Kier molecular flexibility index (Phi) is 4.16. The van der Waals surface area contributed by atoms with Crippen molar-refractivity contribution in [3.63, 3.8) is 0 Å². The van der Waals surface area contributed by atoms with Gasteiger partial charge in [0.2, 0.25) is 0 Å². The van der Waals surface area contributed by atoms with Crippen molar-refractivity contribution in [1.29, 1.82) is 0 Å². The zero-order valence-electron chi connectivity index (χ0n) is 9.16. The molecule has 0 aromatic heterocycles. The number of aliphatic carboxylic acids is 1. The normalized spacial score (nSPS) is 12.1. The Bertz CT molecular complexity index is 336. The van der Waals surface area contributed by atoms with Crippen molar-refractivity contribution in [2.75, 3.05) is 11.9 Å². The molecule has 0 aliphatic heterocycles. The molecular weight excluding hydrogens is 190 g/mol. The number of carboxylic acids is 1. The van der Waals surface area contributed by atoms with Crippen LogP contribution >= 0.6 is 0 Å². The van der Waals surface area contributed by atoms with Gasteiger partial charge < -0.3 is 10.4 Å². The molecule has 0 aliphatic carbocycles. The third kappa shape index (κ3) is 3.62. The van der Waals surface area contributed by atoms with E-state index in [0.29, 0.717) is 13.0 Å². The summed E-state index contributed by atoms with van der Waals surface area (Å²) in [5.74, 6) is -1.05. The molecule has 3 heteroatoms. The van der Waals surface area contributed by atoms with E-state index in [2.05, 4.69) is 5.32 Å². The lowest BCUT2D eigenvalue weighted by Crippen LogP contribution is -2.22. The van der Waals surface area contributed by atoms with E-state index < -0.39 is 5.97 Å². The molecule has 3 nitrogen and oxygen atoms in total. The van der Waals surface area contributed by atoms with Gasteiger partial charge in [-0.15, -0.1) is 0 Å². The summed E-state index contributed by atoms with van der Waals surface area (Å²) >= 11 is 0. The maximum absolute atomic E-state index is 10.8. The molecular formula is C12H17NO2. The van der Waals surface area contributed by atoms with Gasteiger partial charge in [0.15, 0.2) is 0 Å². The van der Waals surface area contributed by atoms with E-state index >= 15 is 0 Å². The van der Waals surface area contributed by atoms with Gasteiger partial charge >= 0.3 is 5.97 Å². The summed E-state index contributed by atoms with van der Waals surface area (Å²) in [5.41, 5.74) is 2.15. The van der Waals surface area contributed by atoms with Crippen molar-refractivity contribution in [3.05, 3.63) is 29.8 Å². The largest absolute Gasteiger partial charge is 0.481 e. The maximum atomic E-state index is 10.8. The molecule has 0 heterocycles. The average molecular weight is 207 g/mol. The maximum Gasteiger partial charge on any atom is 0.308 e. The van der Waals surface area contributed by atoms with Crippen molar-refractivity contribution in [1.82, 2.24) is 0 Å². The van der Waals surface area contributed by atoms with Gasteiger partial charge in [0, 0.05) is 12.2 Å². The number of aryl methyl sites for hydroxylation is 1. The number of benzene rings is 1. The summed E-state index contributed by atoms with van der Waals surface area (Å²) in [6.07, 6.45) is 0.647. The summed E-state index contributed by atoms with van der Waals surface area (Å²) in [6.45, 7) is 4.38. The summed E-state index contributed by atoms with van der Waals surface area (Å²) in [6, 6.07) is 7.93. The second-order valence-corrected chi connectivity index (χ2v) is 3.69. The van der Waals surface area contributed by atoms with Crippen LogP contribution in [-0.2, 0) is 4.79 Å². The van der Waals surface area contributed by atoms with Crippen LogP contribution in [0, 0.1) is 12.8 Å². The fourth-order valence-corrected chi connectivity index (χ4v) is 1.40. The highest BCUT2D eigenvalue weighted by Crippen LogP contribution is 2.11. The lowest BCUT2D eigenvalue weighted by atomic mass is 10.1. The molecule has 0 fully saturated rings. The molecule has 0 spiro atoms. The number of carbonyl (C=O) groups is 1. The van der Waals surface area contributed by atoms with Gasteiger partial charge in [-0.3, -0.25) is 4.79 Å². The molecule has 0 amide bonds. The van der Waals surface area contributed by atoms with E-state index in [1.54, 1.807) is 0 Å². The number of rotatable bonds is 5. The summed E-state index contributed by atoms with van der Waals surface area (Å²) < 4.78 is 0. The zero-order valence-corrected chi connectivity index (χ0v) is 9.16. The number of nitrogens with one attached hydrogen (secondary N) is 1. The predicted octanol–water partition coefficient (Wildman–Crippen LogP) is 2.52. The first-order chi connectivity index (χ1) is 7.13. The fraction of sp³-hybridized carbons (Fsp3) is 0.417. The van der Waals surface area contributed by atoms with E-state index in [0.717, 1.165) is 5.69 Å². The Hall–Kier alpha value is -1.51. The van der Waals surface area contributed by atoms with Crippen molar-refractivity contribution in [2.24, 2.45) is 5.92 Å². The van der Waals surface area contributed by atoms with E-state index in [-0.39, 0.29) is 5.92 Å². The highest BCUT2D eigenvalue weighted by molar-refractivity contribution is 5.70. The van der Waals surface area contributed by atoms with Gasteiger partial charge in [0.25, 0.3) is 0 Å². The van der Waals surface area contributed by atoms with Crippen LogP contribution in [-0.4, -0.2) is 17.6 Å². The van der Waals surface area contributed by atoms with Crippen molar-refractivity contribution >= 4 is 11.7 Å². The van der Waals surface area contributed by atoms with Crippen LogP contribution in [0.15, 0.2) is 24.3 Å². The smallest absolute Gasteiger partial charge is 0.308 e. The minimum absolute atomic E-state index is 0.314. The Morgan fingerprint density at radius 2 is 2.27 bits per heavy atom. The molecule has 0 saturated carbocycles. The van der Waals surface area contributed by atoms with E-state index in [4.69, 9.17) is 5.11 Å². The molecule has 2 N–H and O–H groups in total. The number of hydrogen-bond donors (Lipinski definition) is 2. The standard InChI is InChI=1S/C12H17NO2/c1-3-10(12(14)15)8-13-11-6-4-5-9(2)7-11/h4-7,10,13H,3,8H2,1-2H3,(H,14,15). The first-order valence-corrected chi connectivity index (χ1v) is 5.16. The quantitative estimate of drug-likeness (QED) is 0.780. The summed E-state index contributed by atoms with van der Waals surface area (Å²) in [7, 11) is 0. The van der Waals surface area contributed by atoms with E-state index in [9.17, 15) is 4.79 Å². The fourth-order valence-electron chi connectivity index (χ4n) is 1.40. The first-order valence-electron chi connectivity index (χ1n) is 5.16. The van der Waals surface area contributed by atoms with Crippen LogP contribution in [0.4, 0.5) is 5.69 Å². The SMILES string of the molecule is CCC(CNc1cccc(C)c1)C(=O)O. The molecule has 1 unspecified atom stereocenters. The molecule has 0 radical (unpaired) electrons. The van der Waals surface area contributed by atoms with Crippen LogP contribution in [0.3, 0.4) is 0 Å². The van der Waals surface area contributed by atoms with Crippen LogP contribution in [0.5, 0.6) is 0 Å². The number of hydrogen-bond acceptors (Lipinski definition) is 2. The van der Waals surface area contributed by atoms with Crippen molar-refractivity contribution in [3.8, 4) is 0 Å². The van der Waals surface area contributed by atoms with Crippen LogP contribution in [0.25, 0.3) is 0 Å². The Labute approximate surface area is 90.1 Å². The molecule has 0 aliphatic rings. The second kappa shape index (κ2) is 5.39. The van der Waals surface area contributed by atoms with Crippen LogP contribution in [0.2, 0.25) is 0 Å². The minimum Gasteiger partial charge on any atom is -0.481 e. The molecule has 0 saturated heterocycles. The average Bonchev–Trinajstić information content (AvgIpc) is 2.18. The Morgan fingerprint density at radius 1 is 1.53 bits per heavy atom. The van der Waals surface area contributed by atoms with E-state index in [1.807, 2.05) is 38.1 Å². The lowest BCUT2D eigenvalue weighted by molar-refractivity contribution is -0.141.